The zero-order chi connectivity index (χ0) is 21.1. The Morgan fingerprint density at radius 2 is 1.67 bits per heavy atom. The number of nitro groups is 1. The first-order chi connectivity index (χ1) is 14.6. The van der Waals surface area contributed by atoms with Gasteiger partial charge in [-0.05, 0) is 5.56 Å². The number of anilines is 2. The van der Waals surface area contributed by atoms with Gasteiger partial charge in [0, 0.05) is 11.1 Å². The van der Waals surface area contributed by atoms with Crippen molar-refractivity contribution in [3.05, 3.63) is 87.8 Å². The molecule has 30 heavy (non-hydrogen) atoms. The summed E-state index contributed by atoms with van der Waals surface area (Å²) in [4.78, 5) is 18.2. The first-order valence-electron chi connectivity index (χ1n) is 8.69. The Hall–Kier alpha value is -4.22. The number of furan rings is 1. The topological polar surface area (TPSA) is 118 Å². The molecule has 4 aromatic rings. The molecule has 0 aliphatic heterocycles. The van der Waals surface area contributed by atoms with Gasteiger partial charge in [0.15, 0.2) is 0 Å². The zero-order valence-corrected chi connectivity index (χ0v) is 16.0. The van der Waals surface area contributed by atoms with Crippen molar-refractivity contribution >= 4 is 29.0 Å². The van der Waals surface area contributed by atoms with Gasteiger partial charge >= 0.3 is 5.69 Å². The Balaban J connectivity index is 1.93. The van der Waals surface area contributed by atoms with Crippen LogP contribution in [-0.4, -0.2) is 14.9 Å². The maximum Gasteiger partial charge on any atom is 0.348 e. The summed E-state index contributed by atoms with van der Waals surface area (Å²) in [6.45, 7) is 0. The second-order valence-corrected chi connectivity index (χ2v) is 6.46. The number of nitriles is 1. The van der Waals surface area contributed by atoms with Crippen LogP contribution in [0.3, 0.4) is 0 Å². The third-order valence-electron chi connectivity index (χ3n) is 4.31. The normalized spacial score (nSPS) is 10.4. The lowest BCUT2D eigenvalue weighted by Crippen LogP contribution is -2.02. The molecule has 9 heteroatoms. The van der Waals surface area contributed by atoms with Crippen molar-refractivity contribution in [2.45, 2.75) is 0 Å². The third-order valence-corrected chi connectivity index (χ3v) is 4.59. The van der Waals surface area contributed by atoms with Crippen LogP contribution in [0.4, 0.5) is 17.4 Å². The van der Waals surface area contributed by atoms with Crippen LogP contribution in [0.25, 0.3) is 22.5 Å². The van der Waals surface area contributed by atoms with Crippen molar-refractivity contribution in [2.75, 3.05) is 5.32 Å². The number of halogens is 1. The summed E-state index contributed by atoms with van der Waals surface area (Å²) in [5.41, 5.74) is 1.75. The maximum atomic E-state index is 11.4. The van der Waals surface area contributed by atoms with Crippen molar-refractivity contribution in [2.24, 2.45) is 0 Å². The van der Waals surface area contributed by atoms with Crippen LogP contribution in [0.1, 0.15) is 5.56 Å². The summed E-state index contributed by atoms with van der Waals surface area (Å²) in [6.07, 6.45) is 1.09. The highest BCUT2D eigenvalue weighted by atomic mass is 35.5. The summed E-state index contributed by atoms with van der Waals surface area (Å²) in [7, 11) is 0. The molecule has 2 aromatic heterocycles. The highest BCUT2D eigenvalue weighted by Crippen LogP contribution is 2.43. The molecule has 0 aliphatic rings. The van der Waals surface area contributed by atoms with E-state index in [1.54, 1.807) is 0 Å². The van der Waals surface area contributed by atoms with E-state index < -0.39 is 10.6 Å². The molecule has 0 fully saturated rings. The van der Waals surface area contributed by atoms with E-state index in [4.69, 9.17) is 16.0 Å². The van der Waals surface area contributed by atoms with E-state index in [0.717, 1.165) is 17.5 Å². The van der Waals surface area contributed by atoms with Gasteiger partial charge in [0.05, 0.1) is 4.92 Å². The number of rotatable bonds is 5. The number of hydrogen-bond acceptors (Lipinski definition) is 7. The fraction of sp³-hybridized carbons (Fsp3) is 0. The molecule has 0 saturated carbocycles. The molecular formula is C21H12ClN5O3. The fourth-order valence-corrected chi connectivity index (χ4v) is 3.22. The largest absolute Gasteiger partial charge is 0.438 e. The Kier molecular flexibility index (Phi) is 5.11. The SMILES string of the molecule is N#Cc1c(Nc2ncnc(Cl)c2[N+](=O)[O-])oc(-c2ccccc2)c1-c1ccccc1. The summed E-state index contributed by atoms with van der Waals surface area (Å²) in [5, 5.41) is 23.7. The Bertz CT molecular complexity index is 1270. The van der Waals surface area contributed by atoms with E-state index in [1.165, 1.54) is 0 Å². The van der Waals surface area contributed by atoms with Gasteiger partial charge in [0.2, 0.25) is 16.9 Å². The number of benzene rings is 2. The number of aromatic nitrogens is 2. The van der Waals surface area contributed by atoms with E-state index >= 15 is 0 Å². The van der Waals surface area contributed by atoms with E-state index in [-0.39, 0.29) is 22.4 Å². The quantitative estimate of drug-likeness (QED) is 0.256. The lowest BCUT2D eigenvalue weighted by molar-refractivity contribution is -0.384. The summed E-state index contributed by atoms with van der Waals surface area (Å²) >= 11 is 5.86. The van der Waals surface area contributed by atoms with Crippen molar-refractivity contribution in [1.82, 2.24) is 9.97 Å². The minimum absolute atomic E-state index is 0.0214. The molecule has 0 saturated heterocycles. The highest BCUT2D eigenvalue weighted by Gasteiger charge is 2.27. The van der Waals surface area contributed by atoms with Crippen molar-refractivity contribution in [3.63, 3.8) is 0 Å². The molecule has 8 nitrogen and oxygen atoms in total. The average molecular weight is 418 g/mol. The molecular weight excluding hydrogens is 406 g/mol. The van der Waals surface area contributed by atoms with Gasteiger partial charge < -0.3 is 9.73 Å². The third kappa shape index (κ3) is 3.45. The zero-order valence-electron chi connectivity index (χ0n) is 15.2. The molecule has 2 heterocycles. The van der Waals surface area contributed by atoms with Crippen LogP contribution in [0.2, 0.25) is 5.15 Å². The van der Waals surface area contributed by atoms with Crippen LogP contribution < -0.4 is 5.32 Å². The van der Waals surface area contributed by atoms with Gasteiger partial charge in [-0.15, -0.1) is 0 Å². The number of hydrogen-bond donors (Lipinski definition) is 1. The first-order valence-corrected chi connectivity index (χ1v) is 9.07. The summed E-state index contributed by atoms with van der Waals surface area (Å²) in [5.74, 6) is 0.293. The number of nitrogens with zero attached hydrogens (tertiary/aromatic N) is 4. The molecule has 0 amide bonds. The first kappa shape index (κ1) is 19.1. The van der Waals surface area contributed by atoms with Crippen molar-refractivity contribution in [1.29, 1.82) is 5.26 Å². The van der Waals surface area contributed by atoms with E-state index in [2.05, 4.69) is 21.4 Å². The minimum Gasteiger partial charge on any atom is -0.438 e. The van der Waals surface area contributed by atoms with Crippen LogP contribution in [0.5, 0.6) is 0 Å². The highest BCUT2D eigenvalue weighted by molar-refractivity contribution is 6.31. The fourth-order valence-electron chi connectivity index (χ4n) is 3.02. The second-order valence-electron chi connectivity index (χ2n) is 6.10. The van der Waals surface area contributed by atoms with Gasteiger partial charge in [0.25, 0.3) is 0 Å². The van der Waals surface area contributed by atoms with Crippen LogP contribution in [0.15, 0.2) is 71.4 Å². The monoisotopic (exact) mass is 417 g/mol. The molecule has 1 N–H and O–H groups in total. The van der Waals surface area contributed by atoms with Crippen LogP contribution >= 0.6 is 11.6 Å². The van der Waals surface area contributed by atoms with Gasteiger partial charge in [-0.3, -0.25) is 10.1 Å². The summed E-state index contributed by atoms with van der Waals surface area (Å²) in [6, 6.07) is 20.7. The predicted molar refractivity (Wildman–Crippen MR) is 111 cm³/mol. The molecule has 0 aliphatic carbocycles. The minimum atomic E-state index is -0.699. The maximum absolute atomic E-state index is 11.4. The molecule has 0 unspecified atom stereocenters. The molecule has 146 valence electrons. The Morgan fingerprint density at radius 3 is 2.27 bits per heavy atom. The molecule has 4 rings (SSSR count). The number of nitrogens with one attached hydrogen (secondary N) is 1. The lowest BCUT2D eigenvalue weighted by atomic mass is 9.98. The van der Waals surface area contributed by atoms with Gasteiger partial charge in [-0.25, -0.2) is 9.97 Å². The summed E-state index contributed by atoms with van der Waals surface area (Å²) < 4.78 is 6.00. The second kappa shape index (κ2) is 8.03. The van der Waals surface area contributed by atoms with Gasteiger partial charge in [-0.2, -0.15) is 5.26 Å². The van der Waals surface area contributed by atoms with E-state index in [9.17, 15) is 15.4 Å². The average Bonchev–Trinajstić information content (AvgIpc) is 3.13. The molecule has 0 bridgehead atoms. The van der Waals surface area contributed by atoms with Crippen molar-refractivity contribution in [3.8, 4) is 28.5 Å². The van der Waals surface area contributed by atoms with Crippen molar-refractivity contribution < 1.29 is 9.34 Å². The van der Waals surface area contributed by atoms with Crippen LogP contribution in [0, 0.1) is 21.4 Å². The molecule has 0 radical (unpaired) electrons. The lowest BCUT2D eigenvalue weighted by Gasteiger charge is -2.04. The van der Waals surface area contributed by atoms with Gasteiger partial charge in [-0.1, -0.05) is 72.3 Å². The van der Waals surface area contributed by atoms with Crippen LogP contribution in [-0.2, 0) is 0 Å². The van der Waals surface area contributed by atoms with Gasteiger partial charge in [0.1, 0.15) is 23.7 Å². The smallest absolute Gasteiger partial charge is 0.348 e. The van der Waals surface area contributed by atoms with E-state index in [0.29, 0.717) is 11.3 Å². The Morgan fingerprint density at radius 1 is 1.03 bits per heavy atom. The van der Waals surface area contributed by atoms with E-state index in [1.807, 2.05) is 60.7 Å². The molecule has 2 aromatic carbocycles. The molecule has 0 spiro atoms. The Labute approximate surface area is 175 Å². The predicted octanol–water partition coefficient (Wildman–Crippen LogP) is 5.58. The molecule has 0 atom stereocenters. The standard InChI is InChI=1S/C21H12ClN5O3/c22-19-17(27(28)29)20(25-12-24-19)26-21-15(11-23)16(13-7-3-1-4-8-13)18(30-21)14-9-5-2-6-10-14/h1-10,12H,(H,24,25,26).